The van der Waals surface area contributed by atoms with Crippen molar-refractivity contribution in [1.82, 2.24) is 4.98 Å². The molecule has 10 heteroatoms. The number of alkyl halides is 3. The zero-order valence-electron chi connectivity index (χ0n) is 16.5. The van der Waals surface area contributed by atoms with Gasteiger partial charge in [-0.05, 0) is 55.5 Å². The van der Waals surface area contributed by atoms with Gasteiger partial charge in [0.05, 0.1) is 5.57 Å². The minimum absolute atomic E-state index is 0.120. The van der Waals surface area contributed by atoms with Gasteiger partial charge in [-0.15, -0.1) is 13.2 Å². The Kier molecular flexibility index (Phi) is 5.21. The number of aromatic nitrogens is 1. The second-order valence-corrected chi connectivity index (χ2v) is 6.90. The number of furan rings is 1. The molecule has 1 amide bonds. The fraction of sp³-hybridized carbons (Fsp3) is 0.136. The van der Waals surface area contributed by atoms with Gasteiger partial charge in [0.15, 0.2) is 0 Å². The van der Waals surface area contributed by atoms with Gasteiger partial charge in [0.25, 0.3) is 11.7 Å². The van der Waals surface area contributed by atoms with E-state index in [1.807, 2.05) is 0 Å². The smallest absolute Gasteiger partial charge is 0.507 e. The molecule has 32 heavy (non-hydrogen) atoms. The first kappa shape index (κ1) is 21.2. The molecular formula is C22H15F3N2O5. The highest BCUT2D eigenvalue weighted by atomic mass is 19.4. The van der Waals surface area contributed by atoms with E-state index in [2.05, 4.69) is 9.72 Å². The average molecular weight is 444 g/mol. The van der Waals surface area contributed by atoms with Crippen LogP contribution in [0.3, 0.4) is 0 Å². The molecule has 4 rings (SSSR count). The number of amides is 1. The number of hydrogen-bond acceptors (Lipinski definition) is 6. The molecule has 1 unspecified atom stereocenters. The van der Waals surface area contributed by atoms with Crippen molar-refractivity contribution in [2.24, 2.45) is 0 Å². The van der Waals surface area contributed by atoms with Crippen molar-refractivity contribution in [3.8, 4) is 5.75 Å². The summed E-state index contributed by atoms with van der Waals surface area (Å²) in [6, 6.07) is 9.45. The first-order valence-corrected chi connectivity index (χ1v) is 9.29. The third-order valence-corrected chi connectivity index (χ3v) is 4.78. The van der Waals surface area contributed by atoms with Gasteiger partial charge in [0, 0.05) is 23.6 Å². The molecule has 0 bridgehead atoms. The minimum atomic E-state index is -4.87. The standard InChI is InChI=1S/C22H15F3N2O5/c1-12-2-7-16(31-12)18-17(19(28)13-8-10-26-11-9-13)20(29)21(30)27(18)14-3-5-15(6-4-14)32-22(23,24)25/h2-11,18,28H,1H3/b19-17-. The summed E-state index contributed by atoms with van der Waals surface area (Å²) in [5.74, 6) is -2.14. The van der Waals surface area contributed by atoms with Gasteiger partial charge < -0.3 is 14.3 Å². The topological polar surface area (TPSA) is 92.9 Å². The number of rotatable bonds is 4. The number of anilines is 1. The molecule has 1 aromatic carbocycles. The van der Waals surface area contributed by atoms with E-state index in [0.717, 1.165) is 17.0 Å². The van der Waals surface area contributed by atoms with Gasteiger partial charge >= 0.3 is 6.36 Å². The molecular weight excluding hydrogens is 429 g/mol. The van der Waals surface area contributed by atoms with Gasteiger partial charge in [-0.3, -0.25) is 19.5 Å². The summed E-state index contributed by atoms with van der Waals surface area (Å²) in [6.45, 7) is 1.67. The molecule has 1 aliphatic heterocycles. The van der Waals surface area contributed by atoms with E-state index in [9.17, 15) is 27.9 Å². The van der Waals surface area contributed by atoms with E-state index < -0.39 is 35.6 Å². The Morgan fingerprint density at radius 2 is 1.72 bits per heavy atom. The summed E-state index contributed by atoms with van der Waals surface area (Å²) in [4.78, 5) is 30.7. The Labute approximate surface area is 179 Å². The van der Waals surface area contributed by atoms with Gasteiger partial charge in [0.1, 0.15) is 29.1 Å². The van der Waals surface area contributed by atoms with Crippen LogP contribution in [0, 0.1) is 6.92 Å². The van der Waals surface area contributed by atoms with Gasteiger partial charge in [-0.1, -0.05) is 0 Å². The van der Waals surface area contributed by atoms with Crippen molar-refractivity contribution in [2.75, 3.05) is 4.90 Å². The number of aliphatic hydroxyl groups excluding tert-OH is 1. The molecule has 0 aliphatic carbocycles. The predicted molar refractivity (Wildman–Crippen MR) is 106 cm³/mol. The monoisotopic (exact) mass is 444 g/mol. The third kappa shape index (κ3) is 3.94. The molecule has 1 aliphatic rings. The molecule has 0 saturated carbocycles. The van der Waals surface area contributed by atoms with Crippen LogP contribution in [0.2, 0.25) is 0 Å². The summed E-state index contributed by atoms with van der Waals surface area (Å²) in [5.41, 5.74) is 0.167. The van der Waals surface area contributed by atoms with Crippen LogP contribution in [0.25, 0.3) is 5.76 Å². The number of pyridine rings is 1. The zero-order chi connectivity index (χ0) is 23.0. The van der Waals surface area contributed by atoms with Crippen LogP contribution in [0.15, 0.2) is 70.9 Å². The summed E-state index contributed by atoms with van der Waals surface area (Å²) in [6.07, 6.45) is -2.05. The van der Waals surface area contributed by atoms with Crippen LogP contribution in [0.5, 0.6) is 5.75 Å². The van der Waals surface area contributed by atoms with Crippen molar-refractivity contribution in [1.29, 1.82) is 0 Å². The van der Waals surface area contributed by atoms with Crippen LogP contribution >= 0.6 is 0 Å². The maximum Gasteiger partial charge on any atom is 0.573 e. The van der Waals surface area contributed by atoms with Gasteiger partial charge in [-0.2, -0.15) is 0 Å². The molecule has 1 N–H and O–H groups in total. The lowest BCUT2D eigenvalue weighted by Gasteiger charge is -2.23. The molecule has 1 fully saturated rings. The lowest BCUT2D eigenvalue weighted by molar-refractivity contribution is -0.274. The number of nitrogens with zero attached hydrogens (tertiary/aromatic N) is 2. The Morgan fingerprint density at radius 3 is 2.28 bits per heavy atom. The largest absolute Gasteiger partial charge is 0.573 e. The Morgan fingerprint density at radius 1 is 1.06 bits per heavy atom. The molecule has 0 spiro atoms. The number of hydrogen-bond donors (Lipinski definition) is 1. The van der Waals surface area contributed by atoms with Crippen molar-refractivity contribution in [3.63, 3.8) is 0 Å². The molecule has 7 nitrogen and oxygen atoms in total. The maximum atomic E-state index is 12.9. The molecule has 0 radical (unpaired) electrons. The highest BCUT2D eigenvalue weighted by Gasteiger charge is 2.48. The second kappa shape index (κ2) is 7.88. The molecule has 164 valence electrons. The highest BCUT2D eigenvalue weighted by molar-refractivity contribution is 6.51. The van der Waals surface area contributed by atoms with Gasteiger partial charge in [0.2, 0.25) is 0 Å². The highest BCUT2D eigenvalue weighted by Crippen LogP contribution is 2.43. The van der Waals surface area contributed by atoms with E-state index in [1.54, 1.807) is 19.1 Å². The number of ketones is 1. The third-order valence-electron chi connectivity index (χ3n) is 4.78. The van der Waals surface area contributed by atoms with Crippen LogP contribution < -0.4 is 9.64 Å². The Hall–Kier alpha value is -4.08. The van der Waals surface area contributed by atoms with E-state index in [4.69, 9.17) is 4.42 Å². The number of aliphatic hydroxyl groups is 1. The Bertz CT molecular complexity index is 1200. The Balaban J connectivity index is 1.83. The van der Waals surface area contributed by atoms with E-state index in [0.29, 0.717) is 5.76 Å². The first-order chi connectivity index (χ1) is 15.2. The number of ether oxygens (including phenoxy) is 1. The molecule has 2 aromatic heterocycles. The summed E-state index contributed by atoms with van der Waals surface area (Å²) in [5, 5.41) is 10.8. The van der Waals surface area contributed by atoms with Crippen LogP contribution in [-0.2, 0) is 9.59 Å². The summed E-state index contributed by atoms with van der Waals surface area (Å²) in [7, 11) is 0. The summed E-state index contributed by atoms with van der Waals surface area (Å²) >= 11 is 0. The maximum absolute atomic E-state index is 12.9. The second-order valence-electron chi connectivity index (χ2n) is 6.90. The predicted octanol–water partition coefficient (Wildman–Crippen LogP) is 4.51. The number of carbonyl (C=O) groups is 2. The molecule has 3 aromatic rings. The zero-order valence-corrected chi connectivity index (χ0v) is 16.5. The number of halogens is 3. The van der Waals surface area contributed by atoms with Crippen LogP contribution in [0.4, 0.5) is 18.9 Å². The molecule has 1 atom stereocenters. The van der Waals surface area contributed by atoms with Crippen LogP contribution in [0.1, 0.15) is 23.1 Å². The van der Waals surface area contributed by atoms with Crippen molar-refractivity contribution < 1.29 is 37.0 Å². The van der Waals surface area contributed by atoms with Crippen LogP contribution in [-0.4, -0.2) is 28.1 Å². The molecule has 1 saturated heterocycles. The van der Waals surface area contributed by atoms with E-state index in [1.165, 1.54) is 36.7 Å². The fourth-order valence-electron chi connectivity index (χ4n) is 3.44. The SMILES string of the molecule is Cc1ccc(C2/C(=C(/O)c3ccncc3)C(=O)C(=O)N2c2ccc(OC(F)(F)F)cc2)o1. The summed E-state index contributed by atoms with van der Waals surface area (Å²) < 4.78 is 46.9. The van der Waals surface area contributed by atoms with Crippen molar-refractivity contribution in [3.05, 3.63) is 83.6 Å². The number of Topliss-reactive ketones (excluding diaryl/α,β-unsaturated/α-hetero) is 1. The number of carbonyl (C=O) groups excluding carboxylic acids is 2. The molecule has 3 heterocycles. The number of aryl methyl sites for hydroxylation is 1. The number of benzene rings is 1. The lowest BCUT2D eigenvalue weighted by atomic mass is 9.99. The quantitative estimate of drug-likeness (QED) is 0.362. The van der Waals surface area contributed by atoms with Crippen molar-refractivity contribution >= 4 is 23.1 Å². The minimum Gasteiger partial charge on any atom is -0.507 e. The first-order valence-electron chi connectivity index (χ1n) is 9.29. The fourth-order valence-corrected chi connectivity index (χ4v) is 3.44. The average Bonchev–Trinajstić information content (AvgIpc) is 3.29. The van der Waals surface area contributed by atoms with E-state index in [-0.39, 0.29) is 22.6 Å². The normalized spacial score (nSPS) is 18.2. The lowest BCUT2D eigenvalue weighted by Crippen LogP contribution is -2.29. The van der Waals surface area contributed by atoms with Crippen molar-refractivity contribution in [2.45, 2.75) is 19.3 Å². The van der Waals surface area contributed by atoms with E-state index >= 15 is 0 Å². The van der Waals surface area contributed by atoms with Gasteiger partial charge in [-0.25, -0.2) is 0 Å².